The van der Waals surface area contributed by atoms with Gasteiger partial charge in [-0.3, -0.25) is 0 Å². The first-order valence-corrected chi connectivity index (χ1v) is 5.44. The van der Waals surface area contributed by atoms with Gasteiger partial charge in [0.05, 0.1) is 18.9 Å². The third-order valence-electron chi connectivity index (χ3n) is 2.32. The van der Waals surface area contributed by atoms with Gasteiger partial charge in [0, 0.05) is 23.2 Å². The predicted molar refractivity (Wildman–Crippen MR) is 61.6 cm³/mol. The maximum absolute atomic E-state index is 5.68. The van der Waals surface area contributed by atoms with Crippen molar-refractivity contribution >= 4 is 27.3 Å². The van der Waals surface area contributed by atoms with Crippen molar-refractivity contribution in [2.75, 3.05) is 36.9 Å². The van der Waals surface area contributed by atoms with E-state index in [0.29, 0.717) is 0 Å². The molecule has 0 radical (unpaired) electrons. The summed E-state index contributed by atoms with van der Waals surface area (Å²) >= 11 is 3.52. The zero-order chi connectivity index (χ0) is 9.97. The minimum atomic E-state index is 0.786. The van der Waals surface area contributed by atoms with Crippen LogP contribution in [0.4, 0.5) is 11.4 Å². The van der Waals surface area contributed by atoms with Gasteiger partial charge < -0.3 is 15.4 Å². The smallest absolute Gasteiger partial charge is 0.0642 e. The summed E-state index contributed by atoms with van der Waals surface area (Å²) in [5.74, 6) is 0. The van der Waals surface area contributed by atoms with Crippen molar-refractivity contribution in [1.82, 2.24) is 0 Å². The second-order valence-electron chi connectivity index (χ2n) is 3.31. The Morgan fingerprint density at radius 1 is 1.29 bits per heavy atom. The van der Waals surface area contributed by atoms with E-state index in [9.17, 15) is 0 Å². The van der Waals surface area contributed by atoms with Crippen molar-refractivity contribution in [3.05, 3.63) is 22.7 Å². The van der Waals surface area contributed by atoms with Gasteiger partial charge in [0.1, 0.15) is 0 Å². The largest absolute Gasteiger partial charge is 0.399 e. The molecule has 1 aromatic carbocycles. The molecule has 3 nitrogen and oxygen atoms in total. The summed E-state index contributed by atoms with van der Waals surface area (Å²) in [7, 11) is 0. The number of hydrogen-bond acceptors (Lipinski definition) is 3. The van der Waals surface area contributed by atoms with Crippen molar-refractivity contribution in [1.29, 1.82) is 0 Å². The Kier molecular flexibility index (Phi) is 2.93. The highest BCUT2D eigenvalue weighted by molar-refractivity contribution is 9.10. The van der Waals surface area contributed by atoms with E-state index in [1.54, 1.807) is 0 Å². The van der Waals surface area contributed by atoms with E-state index in [0.717, 1.165) is 36.5 Å². The molecule has 1 saturated heterocycles. The molecular weight excluding hydrogens is 244 g/mol. The van der Waals surface area contributed by atoms with Crippen LogP contribution in [0, 0.1) is 0 Å². The van der Waals surface area contributed by atoms with Crippen LogP contribution in [0.25, 0.3) is 0 Å². The Hall–Kier alpha value is -0.740. The maximum Gasteiger partial charge on any atom is 0.0642 e. The van der Waals surface area contributed by atoms with Crippen molar-refractivity contribution in [2.24, 2.45) is 0 Å². The predicted octanol–water partition coefficient (Wildman–Crippen LogP) is 1.87. The fraction of sp³-hybridized carbons (Fsp3) is 0.400. The first kappa shape index (κ1) is 9.80. The zero-order valence-corrected chi connectivity index (χ0v) is 9.46. The molecule has 14 heavy (non-hydrogen) atoms. The molecule has 2 N–H and O–H groups in total. The van der Waals surface area contributed by atoms with Crippen LogP contribution in [0.15, 0.2) is 22.7 Å². The highest BCUT2D eigenvalue weighted by Crippen LogP contribution is 2.28. The molecule has 0 aromatic heterocycles. The molecule has 4 heteroatoms. The summed E-state index contributed by atoms with van der Waals surface area (Å²) in [5, 5.41) is 0. The van der Waals surface area contributed by atoms with E-state index < -0.39 is 0 Å². The second-order valence-corrected chi connectivity index (χ2v) is 4.16. The summed E-state index contributed by atoms with van der Waals surface area (Å²) in [4.78, 5) is 2.30. The SMILES string of the molecule is Nc1ccc(N2CCOCC2)c(Br)c1. The molecule has 0 spiro atoms. The number of morpholine rings is 1. The molecule has 1 aliphatic heterocycles. The third-order valence-corrected chi connectivity index (χ3v) is 2.96. The Bertz CT molecular complexity index is 324. The van der Waals surface area contributed by atoms with Crippen molar-refractivity contribution in [3.8, 4) is 0 Å². The van der Waals surface area contributed by atoms with Gasteiger partial charge in [0.25, 0.3) is 0 Å². The maximum atomic E-state index is 5.68. The molecule has 1 fully saturated rings. The van der Waals surface area contributed by atoms with Crippen LogP contribution in [0.2, 0.25) is 0 Å². The van der Waals surface area contributed by atoms with Gasteiger partial charge in [0.15, 0.2) is 0 Å². The van der Waals surface area contributed by atoms with Gasteiger partial charge in [0.2, 0.25) is 0 Å². The Morgan fingerprint density at radius 2 is 2.00 bits per heavy atom. The lowest BCUT2D eigenvalue weighted by Crippen LogP contribution is -2.36. The minimum absolute atomic E-state index is 0.786. The van der Waals surface area contributed by atoms with E-state index >= 15 is 0 Å². The van der Waals surface area contributed by atoms with Crippen LogP contribution in [-0.2, 0) is 4.74 Å². The molecule has 1 aromatic rings. The molecule has 0 amide bonds. The summed E-state index contributed by atoms with van der Waals surface area (Å²) in [6.07, 6.45) is 0. The number of nitrogens with two attached hydrogens (primary N) is 1. The lowest BCUT2D eigenvalue weighted by molar-refractivity contribution is 0.122. The van der Waals surface area contributed by atoms with Gasteiger partial charge in [-0.1, -0.05) is 0 Å². The van der Waals surface area contributed by atoms with E-state index in [4.69, 9.17) is 10.5 Å². The molecule has 0 aliphatic carbocycles. The number of nitrogens with zero attached hydrogens (tertiary/aromatic N) is 1. The molecule has 1 heterocycles. The zero-order valence-electron chi connectivity index (χ0n) is 7.87. The topological polar surface area (TPSA) is 38.5 Å². The molecule has 2 rings (SSSR count). The average molecular weight is 257 g/mol. The molecule has 0 atom stereocenters. The van der Waals surface area contributed by atoms with Crippen LogP contribution >= 0.6 is 15.9 Å². The van der Waals surface area contributed by atoms with Gasteiger partial charge in [-0.25, -0.2) is 0 Å². The van der Waals surface area contributed by atoms with Crippen LogP contribution in [-0.4, -0.2) is 26.3 Å². The molecule has 0 saturated carbocycles. The number of anilines is 2. The lowest BCUT2D eigenvalue weighted by atomic mass is 10.2. The minimum Gasteiger partial charge on any atom is -0.399 e. The van der Waals surface area contributed by atoms with Gasteiger partial charge >= 0.3 is 0 Å². The number of rotatable bonds is 1. The van der Waals surface area contributed by atoms with Crippen molar-refractivity contribution in [2.45, 2.75) is 0 Å². The summed E-state index contributed by atoms with van der Waals surface area (Å²) in [6.45, 7) is 3.50. The first-order chi connectivity index (χ1) is 6.77. The highest BCUT2D eigenvalue weighted by Gasteiger charge is 2.13. The van der Waals surface area contributed by atoms with Crippen LogP contribution < -0.4 is 10.6 Å². The van der Waals surface area contributed by atoms with Crippen LogP contribution in [0.5, 0.6) is 0 Å². The van der Waals surface area contributed by atoms with Crippen LogP contribution in [0.3, 0.4) is 0 Å². The van der Waals surface area contributed by atoms with Gasteiger partial charge in [-0.15, -0.1) is 0 Å². The number of ether oxygens (including phenoxy) is 1. The Balaban J connectivity index is 2.22. The van der Waals surface area contributed by atoms with Crippen LogP contribution in [0.1, 0.15) is 0 Å². The van der Waals surface area contributed by atoms with E-state index in [1.165, 1.54) is 5.69 Å². The van der Waals surface area contributed by atoms with E-state index in [-0.39, 0.29) is 0 Å². The highest BCUT2D eigenvalue weighted by atomic mass is 79.9. The monoisotopic (exact) mass is 256 g/mol. The quantitative estimate of drug-likeness (QED) is 0.780. The van der Waals surface area contributed by atoms with Crippen molar-refractivity contribution in [3.63, 3.8) is 0 Å². The molecule has 1 aliphatic rings. The molecule has 76 valence electrons. The lowest BCUT2D eigenvalue weighted by Gasteiger charge is -2.29. The fourth-order valence-corrected chi connectivity index (χ4v) is 2.23. The van der Waals surface area contributed by atoms with E-state index in [2.05, 4.69) is 20.8 Å². The number of nitrogen functional groups attached to an aromatic ring is 1. The Morgan fingerprint density at radius 3 is 2.64 bits per heavy atom. The number of benzene rings is 1. The van der Waals surface area contributed by atoms with Gasteiger partial charge in [-0.2, -0.15) is 0 Å². The normalized spacial score (nSPS) is 17.1. The molecular formula is C10H13BrN2O. The van der Waals surface area contributed by atoms with E-state index in [1.807, 2.05) is 18.2 Å². The second kappa shape index (κ2) is 4.19. The Labute approximate surface area is 92.0 Å². The standard InChI is InChI=1S/C10H13BrN2O/c11-9-7-8(12)1-2-10(9)13-3-5-14-6-4-13/h1-2,7H,3-6,12H2. The fourth-order valence-electron chi connectivity index (χ4n) is 1.58. The molecule has 0 bridgehead atoms. The number of halogens is 1. The summed E-state index contributed by atoms with van der Waals surface area (Å²) < 4.78 is 6.36. The first-order valence-electron chi connectivity index (χ1n) is 4.65. The number of hydrogen-bond donors (Lipinski definition) is 1. The average Bonchev–Trinajstić information content (AvgIpc) is 2.19. The van der Waals surface area contributed by atoms with Crippen molar-refractivity contribution < 1.29 is 4.74 Å². The summed E-state index contributed by atoms with van der Waals surface area (Å²) in [5.41, 5.74) is 7.67. The molecule has 0 unspecified atom stereocenters. The third kappa shape index (κ3) is 2.01. The summed E-state index contributed by atoms with van der Waals surface area (Å²) in [6, 6.07) is 5.91. The van der Waals surface area contributed by atoms with Gasteiger partial charge in [-0.05, 0) is 34.1 Å².